The van der Waals surface area contributed by atoms with Crippen LogP contribution < -0.4 is 10.1 Å². The number of halogens is 1. The standard InChI is InChI=1S/C16H20ClNO4/c1-21-12-6-5-11(13(17)10-12)9-14(19)18-16(15(20)22-2)7-3-4-8-16/h5-6,10H,3-4,7-9H2,1-2H3,(H,18,19). The summed E-state index contributed by atoms with van der Waals surface area (Å²) in [6.07, 6.45) is 3.14. The average Bonchev–Trinajstić information content (AvgIpc) is 2.98. The van der Waals surface area contributed by atoms with E-state index in [0.29, 0.717) is 29.2 Å². The van der Waals surface area contributed by atoms with Crippen LogP contribution in [0.15, 0.2) is 18.2 Å². The first-order chi connectivity index (χ1) is 10.5. The molecule has 0 aliphatic heterocycles. The molecule has 0 atom stereocenters. The monoisotopic (exact) mass is 325 g/mol. The van der Waals surface area contributed by atoms with Crippen LogP contribution in [0, 0.1) is 0 Å². The van der Waals surface area contributed by atoms with Crippen LogP contribution in [0.1, 0.15) is 31.2 Å². The zero-order chi connectivity index (χ0) is 16.2. The van der Waals surface area contributed by atoms with Gasteiger partial charge in [-0.3, -0.25) is 4.79 Å². The van der Waals surface area contributed by atoms with E-state index >= 15 is 0 Å². The summed E-state index contributed by atoms with van der Waals surface area (Å²) < 4.78 is 9.92. The molecule has 1 N–H and O–H groups in total. The number of nitrogens with one attached hydrogen (secondary N) is 1. The van der Waals surface area contributed by atoms with Crippen LogP contribution >= 0.6 is 11.6 Å². The molecule has 0 unspecified atom stereocenters. The molecule has 1 aliphatic carbocycles. The lowest BCUT2D eigenvalue weighted by Crippen LogP contribution is -2.53. The lowest BCUT2D eigenvalue weighted by atomic mass is 9.97. The van der Waals surface area contributed by atoms with Gasteiger partial charge < -0.3 is 14.8 Å². The van der Waals surface area contributed by atoms with E-state index in [-0.39, 0.29) is 18.3 Å². The highest BCUT2D eigenvalue weighted by Crippen LogP contribution is 2.31. The number of amides is 1. The molecule has 1 aromatic rings. The summed E-state index contributed by atoms with van der Waals surface area (Å²) in [4.78, 5) is 24.3. The van der Waals surface area contributed by atoms with Gasteiger partial charge in [0.25, 0.3) is 0 Å². The fourth-order valence-corrected chi connectivity index (χ4v) is 3.07. The van der Waals surface area contributed by atoms with Crippen LogP contribution in [0.5, 0.6) is 5.75 Å². The normalized spacial score (nSPS) is 16.1. The molecule has 0 aromatic heterocycles. The van der Waals surface area contributed by atoms with Gasteiger partial charge in [0.05, 0.1) is 20.6 Å². The second-order valence-corrected chi connectivity index (χ2v) is 5.87. The maximum Gasteiger partial charge on any atom is 0.331 e. The quantitative estimate of drug-likeness (QED) is 0.845. The van der Waals surface area contributed by atoms with E-state index in [4.69, 9.17) is 21.1 Å². The van der Waals surface area contributed by atoms with Crippen molar-refractivity contribution in [2.45, 2.75) is 37.6 Å². The van der Waals surface area contributed by atoms with E-state index in [1.165, 1.54) is 7.11 Å². The molecule has 6 heteroatoms. The van der Waals surface area contributed by atoms with E-state index in [2.05, 4.69) is 5.32 Å². The Kier molecular flexibility index (Phi) is 5.29. The van der Waals surface area contributed by atoms with Gasteiger partial charge in [0.2, 0.25) is 5.91 Å². The van der Waals surface area contributed by atoms with Crippen LogP contribution in [0.4, 0.5) is 0 Å². The molecule has 1 aromatic carbocycles. The Hall–Kier alpha value is -1.75. The van der Waals surface area contributed by atoms with Crippen molar-refractivity contribution in [3.8, 4) is 5.75 Å². The minimum Gasteiger partial charge on any atom is -0.497 e. The summed E-state index contributed by atoms with van der Waals surface area (Å²) in [7, 11) is 2.90. The van der Waals surface area contributed by atoms with Gasteiger partial charge in [-0.1, -0.05) is 30.5 Å². The van der Waals surface area contributed by atoms with Crippen LogP contribution in [-0.4, -0.2) is 31.6 Å². The highest BCUT2D eigenvalue weighted by molar-refractivity contribution is 6.31. The van der Waals surface area contributed by atoms with E-state index in [0.717, 1.165) is 12.8 Å². The summed E-state index contributed by atoms with van der Waals surface area (Å²) >= 11 is 6.14. The van der Waals surface area contributed by atoms with Gasteiger partial charge in [-0.2, -0.15) is 0 Å². The van der Waals surface area contributed by atoms with Crippen molar-refractivity contribution >= 4 is 23.5 Å². The zero-order valence-electron chi connectivity index (χ0n) is 12.8. The molecule has 1 amide bonds. The Bertz CT molecular complexity index is 567. The van der Waals surface area contributed by atoms with Crippen molar-refractivity contribution in [2.75, 3.05) is 14.2 Å². The Morgan fingerprint density at radius 2 is 1.95 bits per heavy atom. The molecule has 0 bridgehead atoms. The first-order valence-electron chi connectivity index (χ1n) is 7.22. The summed E-state index contributed by atoms with van der Waals surface area (Å²) in [5.74, 6) is 0.0227. The Morgan fingerprint density at radius 3 is 2.50 bits per heavy atom. The third-order valence-electron chi connectivity index (χ3n) is 4.02. The fraction of sp³-hybridized carbons (Fsp3) is 0.500. The van der Waals surface area contributed by atoms with Gasteiger partial charge in [0, 0.05) is 5.02 Å². The molecule has 0 heterocycles. The molecule has 120 valence electrons. The van der Waals surface area contributed by atoms with Gasteiger partial charge >= 0.3 is 5.97 Å². The highest BCUT2D eigenvalue weighted by atomic mass is 35.5. The van der Waals surface area contributed by atoms with Crippen molar-refractivity contribution in [2.24, 2.45) is 0 Å². The summed E-state index contributed by atoms with van der Waals surface area (Å²) in [5, 5.41) is 3.31. The molecular formula is C16H20ClNO4. The van der Waals surface area contributed by atoms with Crippen LogP contribution in [-0.2, 0) is 20.7 Å². The lowest BCUT2D eigenvalue weighted by Gasteiger charge is -2.27. The number of hydrogen-bond acceptors (Lipinski definition) is 4. The van der Waals surface area contributed by atoms with E-state index < -0.39 is 5.54 Å². The predicted octanol–water partition coefficient (Wildman–Crippen LogP) is 2.49. The molecule has 0 spiro atoms. The number of methoxy groups -OCH3 is 2. The van der Waals surface area contributed by atoms with E-state index in [9.17, 15) is 9.59 Å². The highest BCUT2D eigenvalue weighted by Gasteiger charge is 2.43. The molecule has 0 saturated heterocycles. The number of carbonyl (C=O) groups is 2. The molecule has 5 nitrogen and oxygen atoms in total. The molecule has 1 fully saturated rings. The maximum absolute atomic E-state index is 12.3. The third-order valence-corrected chi connectivity index (χ3v) is 4.38. The van der Waals surface area contributed by atoms with Crippen LogP contribution in [0.25, 0.3) is 0 Å². The van der Waals surface area contributed by atoms with Crippen LogP contribution in [0.3, 0.4) is 0 Å². The number of benzene rings is 1. The second-order valence-electron chi connectivity index (χ2n) is 5.46. The van der Waals surface area contributed by atoms with Crippen molar-refractivity contribution in [1.29, 1.82) is 0 Å². The van der Waals surface area contributed by atoms with Gasteiger partial charge in [0.1, 0.15) is 11.3 Å². The van der Waals surface area contributed by atoms with Crippen LogP contribution in [0.2, 0.25) is 5.02 Å². The molecule has 0 radical (unpaired) electrons. The smallest absolute Gasteiger partial charge is 0.331 e. The fourth-order valence-electron chi connectivity index (χ4n) is 2.84. The molecule has 1 aliphatic rings. The minimum absolute atomic E-state index is 0.113. The Morgan fingerprint density at radius 1 is 1.27 bits per heavy atom. The summed E-state index contributed by atoms with van der Waals surface area (Å²) in [5.41, 5.74) is -0.192. The summed E-state index contributed by atoms with van der Waals surface area (Å²) in [6, 6.07) is 5.16. The lowest BCUT2D eigenvalue weighted by molar-refractivity contribution is -0.150. The van der Waals surface area contributed by atoms with E-state index in [1.807, 2.05) is 0 Å². The van der Waals surface area contributed by atoms with Crippen molar-refractivity contribution in [1.82, 2.24) is 5.32 Å². The van der Waals surface area contributed by atoms with Gasteiger partial charge in [0.15, 0.2) is 0 Å². The minimum atomic E-state index is -0.884. The maximum atomic E-state index is 12.3. The van der Waals surface area contributed by atoms with Crippen molar-refractivity contribution in [3.05, 3.63) is 28.8 Å². The number of esters is 1. The predicted molar refractivity (Wildman–Crippen MR) is 83.1 cm³/mol. The second kappa shape index (κ2) is 7.01. The average molecular weight is 326 g/mol. The largest absolute Gasteiger partial charge is 0.497 e. The number of hydrogen-bond donors (Lipinski definition) is 1. The number of carbonyl (C=O) groups excluding carboxylic acids is 2. The van der Waals surface area contributed by atoms with Gasteiger partial charge in [-0.25, -0.2) is 4.79 Å². The first-order valence-corrected chi connectivity index (χ1v) is 7.60. The molecule has 22 heavy (non-hydrogen) atoms. The molecule has 1 saturated carbocycles. The number of ether oxygens (including phenoxy) is 2. The molecule has 2 rings (SSSR count). The summed E-state index contributed by atoms with van der Waals surface area (Å²) in [6.45, 7) is 0. The third kappa shape index (κ3) is 3.53. The van der Waals surface area contributed by atoms with Gasteiger partial charge in [-0.15, -0.1) is 0 Å². The molecular weight excluding hydrogens is 306 g/mol. The first kappa shape index (κ1) is 16.6. The van der Waals surface area contributed by atoms with Crippen molar-refractivity contribution in [3.63, 3.8) is 0 Å². The van der Waals surface area contributed by atoms with Gasteiger partial charge in [-0.05, 0) is 30.5 Å². The van der Waals surface area contributed by atoms with E-state index in [1.54, 1.807) is 25.3 Å². The topological polar surface area (TPSA) is 64.6 Å². The number of rotatable bonds is 5. The Labute approximate surface area is 134 Å². The zero-order valence-corrected chi connectivity index (χ0v) is 13.5. The SMILES string of the molecule is COC(=O)C1(NC(=O)Cc2ccc(OC)cc2Cl)CCCC1. The van der Waals surface area contributed by atoms with Crippen molar-refractivity contribution < 1.29 is 19.1 Å². The Balaban J connectivity index is 2.07.